The lowest BCUT2D eigenvalue weighted by molar-refractivity contribution is 0.961. The molecule has 4 heteroatoms. The summed E-state index contributed by atoms with van der Waals surface area (Å²) in [5.41, 5.74) is 6.87. The molecule has 0 atom stereocenters. The van der Waals surface area contributed by atoms with Gasteiger partial charge in [0.05, 0.1) is 22.6 Å². The summed E-state index contributed by atoms with van der Waals surface area (Å²) in [5.74, 6) is 1.27. The fourth-order valence-corrected chi connectivity index (χ4v) is 3.70. The zero-order valence-electron chi connectivity index (χ0n) is 12.2. The van der Waals surface area contributed by atoms with E-state index in [9.17, 15) is 0 Å². The standard InChI is InChI=1S/C17H16BrClN2/c1-10-4-5-15-14(6-10)20-16(9-19)21(15)17-11(2)7-13(18)8-12(17)3/h4-8H,9H2,1-3H3. The number of hydrogen-bond donors (Lipinski definition) is 0. The van der Waals surface area contributed by atoms with Gasteiger partial charge in [-0.1, -0.05) is 22.0 Å². The van der Waals surface area contributed by atoms with Crippen LogP contribution in [0.2, 0.25) is 0 Å². The molecule has 0 unspecified atom stereocenters. The third-order valence-corrected chi connectivity index (χ3v) is 4.38. The summed E-state index contributed by atoms with van der Waals surface area (Å²) in [6.45, 7) is 6.31. The van der Waals surface area contributed by atoms with Crippen LogP contribution in [0.15, 0.2) is 34.8 Å². The Morgan fingerprint density at radius 2 is 1.76 bits per heavy atom. The maximum Gasteiger partial charge on any atom is 0.129 e. The first-order chi connectivity index (χ1) is 10.0. The van der Waals surface area contributed by atoms with Crippen LogP contribution in [0.4, 0.5) is 0 Å². The van der Waals surface area contributed by atoms with Gasteiger partial charge >= 0.3 is 0 Å². The SMILES string of the molecule is Cc1ccc2c(c1)nc(CCl)n2-c1c(C)cc(Br)cc1C. The highest BCUT2D eigenvalue weighted by molar-refractivity contribution is 9.10. The van der Waals surface area contributed by atoms with Crippen molar-refractivity contribution >= 4 is 38.6 Å². The van der Waals surface area contributed by atoms with Crippen LogP contribution in [-0.2, 0) is 5.88 Å². The van der Waals surface area contributed by atoms with Crippen molar-refractivity contribution in [2.45, 2.75) is 26.7 Å². The van der Waals surface area contributed by atoms with Crippen LogP contribution >= 0.6 is 27.5 Å². The van der Waals surface area contributed by atoms with Crippen molar-refractivity contribution in [3.8, 4) is 5.69 Å². The molecule has 0 spiro atoms. The number of imidazole rings is 1. The summed E-state index contributed by atoms with van der Waals surface area (Å²) in [5, 5.41) is 0. The molecule has 2 nitrogen and oxygen atoms in total. The average molecular weight is 364 g/mol. The van der Waals surface area contributed by atoms with Gasteiger partial charge < -0.3 is 0 Å². The van der Waals surface area contributed by atoms with E-state index in [1.165, 1.54) is 22.4 Å². The van der Waals surface area contributed by atoms with Crippen LogP contribution in [0.5, 0.6) is 0 Å². The predicted molar refractivity (Wildman–Crippen MR) is 92.5 cm³/mol. The number of rotatable bonds is 2. The van der Waals surface area contributed by atoms with Crippen molar-refractivity contribution in [2.24, 2.45) is 0 Å². The van der Waals surface area contributed by atoms with E-state index in [0.717, 1.165) is 21.3 Å². The number of aromatic nitrogens is 2. The minimum atomic E-state index is 0.392. The Morgan fingerprint density at radius 1 is 1.10 bits per heavy atom. The summed E-state index contributed by atoms with van der Waals surface area (Å²) in [4.78, 5) is 4.69. The number of alkyl halides is 1. The molecule has 0 saturated carbocycles. The van der Waals surface area contributed by atoms with E-state index in [1.54, 1.807) is 0 Å². The Kier molecular flexibility index (Phi) is 3.80. The molecule has 0 fully saturated rings. The van der Waals surface area contributed by atoms with Gasteiger partial charge in [-0.3, -0.25) is 4.57 Å². The molecule has 1 aromatic heterocycles. The van der Waals surface area contributed by atoms with Crippen LogP contribution in [0.25, 0.3) is 16.7 Å². The molecule has 3 aromatic rings. The Hall–Kier alpha value is -1.32. The molecule has 0 amide bonds. The molecule has 0 radical (unpaired) electrons. The molecule has 0 saturated heterocycles. The summed E-state index contributed by atoms with van der Waals surface area (Å²) < 4.78 is 3.27. The number of halogens is 2. The molecule has 108 valence electrons. The predicted octanol–water partition coefficient (Wildman–Crippen LogP) is 5.45. The maximum atomic E-state index is 6.14. The van der Waals surface area contributed by atoms with E-state index in [-0.39, 0.29) is 0 Å². The third-order valence-electron chi connectivity index (χ3n) is 3.68. The summed E-state index contributed by atoms with van der Waals surface area (Å²) >= 11 is 9.69. The largest absolute Gasteiger partial charge is 0.295 e. The highest BCUT2D eigenvalue weighted by atomic mass is 79.9. The second-order valence-electron chi connectivity index (χ2n) is 5.38. The minimum absolute atomic E-state index is 0.392. The van der Waals surface area contributed by atoms with Crippen molar-refractivity contribution in [3.05, 3.63) is 57.3 Å². The normalized spacial score (nSPS) is 11.3. The topological polar surface area (TPSA) is 17.8 Å². The second-order valence-corrected chi connectivity index (χ2v) is 6.56. The molecule has 0 aliphatic carbocycles. The molecule has 21 heavy (non-hydrogen) atoms. The smallest absolute Gasteiger partial charge is 0.129 e. The van der Waals surface area contributed by atoms with Gasteiger partial charge in [-0.15, -0.1) is 11.6 Å². The Bertz CT molecular complexity index is 813. The van der Waals surface area contributed by atoms with Crippen LogP contribution in [0.1, 0.15) is 22.5 Å². The number of aryl methyl sites for hydroxylation is 3. The quantitative estimate of drug-likeness (QED) is 0.553. The van der Waals surface area contributed by atoms with Gasteiger partial charge in [0.1, 0.15) is 5.82 Å². The van der Waals surface area contributed by atoms with Crippen molar-refractivity contribution in [1.29, 1.82) is 0 Å². The zero-order valence-corrected chi connectivity index (χ0v) is 14.6. The van der Waals surface area contributed by atoms with Gasteiger partial charge in [0.25, 0.3) is 0 Å². The van der Waals surface area contributed by atoms with Gasteiger partial charge in [-0.25, -0.2) is 4.98 Å². The Balaban J connectivity index is 2.39. The van der Waals surface area contributed by atoms with Gasteiger partial charge in [0.15, 0.2) is 0 Å². The van der Waals surface area contributed by atoms with E-state index >= 15 is 0 Å². The molecule has 0 aliphatic heterocycles. The van der Waals surface area contributed by atoms with Crippen molar-refractivity contribution < 1.29 is 0 Å². The van der Waals surface area contributed by atoms with Crippen LogP contribution in [0, 0.1) is 20.8 Å². The molecule has 1 heterocycles. The molecule has 3 rings (SSSR count). The maximum absolute atomic E-state index is 6.14. The summed E-state index contributed by atoms with van der Waals surface area (Å²) in [6.07, 6.45) is 0. The molecule has 0 N–H and O–H groups in total. The number of fused-ring (bicyclic) bond motifs is 1. The van der Waals surface area contributed by atoms with Gasteiger partial charge in [0, 0.05) is 4.47 Å². The van der Waals surface area contributed by atoms with Crippen molar-refractivity contribution in [1.82, 2.24) is 9.55 Å². The molecular weight excluding hydrogens is 348 g/mol. The molecule has 0 aliphatic rings. The number of hydrogen-bond acceptors (Lipinski definition) is 1. The summed E-state index contributed by atoms with van der Waals surface area (Å²) in [7, 11) is 0. The number of nitrogens with zero attached hydrogens (tertiary/aromatic N) is 2. The first kappa shape index (κ1) is 14.6. The highest BCUT2D eigenvalue weighted by Crippen LogP contribution is 2.30. The lowest BCUT2D eigenvalue weighted by atomic mass is 10.1. The van der Waals surface area contributed by atoms with E-state index in [4.69, 9.17) is 16.6 Å². The molecular formula is C17H16BrClN2. The monoisotopic (exact) mass is 362 g/mol. The van der Waals surface area contributed by atoms with Crippen LogP contribution in [-0.4, -0.2) is 9.55 Å². The fraction of sp³-hybridized carbons (Fsp3) is 0.235. The fourth-order valence-electron chi connectivity index (χ4n) is 2.84. The Labute approximate surface area is 137 Å². The van der Waals surface area contributed by atoms with Gasteiger partial charge in [-0.05, 0) is 61.7 Å². The second kappa shape index (κ2) is 5.47. The van der Waals surface area contributed by atoms with Crippen LogP contribution in [0.3, 0.4) is 0 Å². The molecule has 2 aromatic carbocycles. The van der Waals surface area contributed by atoms with E-state index in [2.05, 4.69) is 71.6 Å². The van der Waals surface area contributed by atoms with E-state index < -0.39 is 0 Å². The summed E-state index contributed by atoms with van der Waals surface area (Å²) in [6, 6.07) is 10.6. The van der Waals surface area contributed by atoms with Crippen LogP contribution < -0.4 is 0 Å². The lowest BCUT2D eigenvalue weighted by Crippen LogP contribution is -2.04. The minimum Gasteiger partial charge on any atom is -0.295 e. The number of benzene rings is 2. The van der Waals surface area contributed by atoms with E-state index in [1.807, 2.05) is 0 Å². The third kappa shape index (κ3) is 2.49. The van der Waals surface area contributed by atoms with E-state index in [0.29, 0.717) is 5.88 Å². The highest BCUT2D eigenvalue weighted by Gasteiger charge is 2.15. The van der Waals surface area contributed by atoms with Crippen molar-refractivity contribution in [3.63, 3.8) is 0 Å². The average Bonchev–Trinajstić information content (AvgIpc) is 2.75. The Morgan fingerprint density at radius 3 is 2.38 bits per heavy atom. The van der Waals surface area contributed by atoms with Gasteiger partial charge in [0.2, 0.25) is 0 Å². The lowest BCUT2D eigenvalue weighted by Gasteiger charge is -2.15. The van der Waals surface area contributed by atoms with Gasteiger partial charge in [-0.2, -0.15) is 0 Å². The molecule has 0 bridgehead atoms. The first-order valence-corrected chi connectivity index (χ1v) is 8.15. The first-order valence-electron chi connectivity index (χ1n) is 6.82. The zero-order chi connectivity index (χ0) is 15.1. The van der Waals surface area contributed by atoms with Crippen molar-refractivity contribution in [2.75, 3.05) is 0 Å².